The van der Waals surface area contributed by atoms with Crippen molar-refractivity contribution in [2.75, 3.05) is 13.1 Å². The van der Waals surface area contributed by atoms with E-state index in [0.29, 0.717) is 6.04 Å². The van der Waals surface area contributed by atoms with Crippen LogP contribution in [0.4, 0.5) is 0 Å². The highest BCUT2D eigenvalue weighted by molar-refractivity contribution is 5.37. The van der Waals surface area contributed by atoms with Crippen molar-refractivity contribution in [1.82, 2.24) is 9.80 Å². The van der Waals surface area contributed by atoms with E-state index in [9.17, 15) is 0 Å². The van der Waals surface area contributed by atoms with Crippen molar-refractivity contribution in [3.63, 3.8) is 0 Å². The van der Waals surface area contributed by atoms with E-state index in [1.54, 1.807) is 11.1 Å². The molecule has 2 aromatic carbocycles. The summed E-state index contributed by atoms with van der Waals surface area (Å²) in [5.41, 5.74) is 7.98. The van der Waals surface area contributed by atoms with Gasteiger partial charge in [0.2, 0.25) is 0 Å². The lowest BCUT2D eigenvalue weighted by Gasteiger charge is -2.45. The zero-order chi connectivity index (χ0) is 20.8. The molecule has 0 bridgehead atoms. The normalized spacial score (nSPS) is 21.0. The predicted molar refractivity (Wildman–Crippen MR) is 123 cm³/mol. The Hall–Kier alpha value is -1.64. The molecule has 2 heteroatoms. The van der Waals surface area contributed by atoms with Gasteiger partial charge in [0.15, 0.2) is 0 Å². The molecule has 0 fully saturated rings. The van der Waals surface area contributed by atoms with Crippen molar-refractivity contribution < 1.29 is 0 Å². The summed E-state index contributed by atoms with van der Waals surface area (Å²) >= 11 is 0. The lowest BCUT2D eigenvalue weighted by atomic mass is 9.85. The summed E-state index contributed by atoms with van der Waals surface area (Å²) in [4.78, 5) is 5.34. The number of fused-ring (bicyclic) bond motifs is 2. The molecular formula is C27H38N2. The van der Waals surface area contributed by atoms with E-state index < -0.39 is 0 Å². The number of hydrogen-bond acceptors (Lipinski definition) is 2. The third kappa shape index (κ3) is 4.15. The largest absolute Gasteiger partial charge is 0.293 e. The Morgan fingerprint density at radius 2 is 1.55 bits per heavy atom. The lowest BCUT2D eigenvalue weighted by molar-refractivity contribution is 0.0820. The van der Waals surface area contributed by atoms with Crippen molar-refractivity contribution in [2.45, 2.75) is 84.5 Å². The van der Waals surface area contributed by atoms with Crippen LogP contribution < -0.4 is 0 Å². The van der Waals surface area contributed by atoms with E-state index in [1.807, 2.05) is 0 Å². The molecule has 0 aromatic heterocycles. The highest BCUT2D eigenvalue weighted by Gasteiger charge is 2.33. The topological polar surface area (TPSA) is 6.48 Å². The molecule has 0 aliphatic carbocycles. The number of benzene rings is 2. The van der Waals surface area contributed by atoms with Crippen LogP contribution in [0.25, 0.3) is 0 Å². The standard InChI is InChI=1S/C27H38N2/c1-20-25-17-21(11-12-23(25)14-16-29(20)26(2,3)4)18-27(5,6)28-15-13-22-9-7-8-10-24(22)19-28/h7-12,17,20H,13-16,18-19H2,1-6H3. The van der Waals surface area contributed by atoms with Crippen LogP contribution in [-0.2, 0) is 25.8 Å². The molecule has 2 nitrogen and oxygen atoms in total. The van der Waals surface area contributed by atoms with Crippen LogP contribution >= 0.6 is 0 Å². The molecule has 0 saturated carbocycles. The maximum absolute atomic E-state index is 2.68. The van der Waals surface area contributed by atoms with E-state index in [4.69, 9.17) is 0 Å². The molecule has 0 radical (unpaired) electrons. The number of hydrogen-bond donors (Lipinski definition) is 0. The van der Waals surface area contributed by atoms with Crippen molar-refractivity contribution >= 4 is 0 Å². The fourth-order valence-electron chi connectivity index (χ4n) is 5.51. The Kier molecular flexibility index (Phi) is 5.38. The van der Waals surface area contributed by atoms with E-state index in [-0.39, 0.29) is 11.1 Å². The van der Waals surface area contributed by atoms with Crippen LogP contribution in [0.2, 0.25) is 0 Å². The smallest absolute Gasteiger partial charge is 0.0328 e. The molecule has 1 unspecified atom stereocenters. The van der Waals surface area contributed by atoms with Crippen molar-refractivity contribution in [3.05, 3.63) is 70.3 Å². The molecule has 0 amide bonds. The van der Waals surface area contributed by atoms with Gasteiger partial charge in [0, 0.05) is 36.8 Å². The summed E-state index contributed by atoms with van der Waals surface area (Å²) in [5, 5.41) is 0. The Balaban J connectivity index is 1.54. The first kappa shape index (κ1) is 20.6. The van der Waals surface area contributed by atoms with Crippen LogP contribution in [0.5, 0.6) is 0 Å². The highest BCUT2D eigenvalue weighted by Crippen LogP contribution is 2.36. The Bertz CT molecular complexity index is 874. The van der Waals surface area contributed by atoms with Gasteiger partial charge in [-0.25, -0.2) is 0 Å². The summed E-state index contributed by atoms with van der Waals surface area (Å²) in [5.74, 6) is 0. The molecule has 156 valence electrons. The van der Waals surface area contributed by atoms with E-state index >= 15 is 0 Å². The van der Waals surface area contributed by atoms with Gasteiger partial charge in [0.05, 0.1) is 0 Å². The highest BCUT2D eigenvalue weighted by atomic mass is 15.2. The maximum Gasteiger partial charge on any atom is 0.0328 e. The first-order valence-corrected chi connectivity index (χ1v) is 11.4. The van der Waals surface area contributed by atoms with Crippen LogP contribution in [0.3, 0.4) is 0 Å². The summed E-state index contributed by atoms with van der Waals surface area (Å²) in [7, 11) is 0. The summed E-state index contributed by atoms with van der Waals surface area (Å²) in [6.07, 6.45) is 3.44. The second kappa shape index (κ2) is 7.56. The molecular weight excluding hydrogens is 352 g/mol. The number of nitrogens with zero attached hydrogens (tertiary/aromatic N) is 2. The lowest BCUT2D eigenvalue weighted by Crippen LogP contribution is -2.48. The Labute approximate surface area is 177 Å². The van der Waals surface area contributed by atoms with Crippen molar-refractivity contribution in [3.8, 4) is 0 Å². The molecule has 0 N–H and O–H groups in total. The molecule has 0 saturated heterocycles. The van der Waals surface area contributed by atoms with Gasteiger partial charge in [0.25, 0.3) is 0 Å². The minimum atomic E-state index is 0.156. The minimum absolute atomic E-state index is 0.156. The van der Waals surface area contributed by atoms with Crippen LogP contribution in [0, 0.1) is 0 Å². The Morgan fingerprint density at radius 1 is 0.862 bits per heavy atom. The number of rotatable bonds is 3. The average molecular weight is 391 g/mol. The van der Waals surface area contributed by atoms with Gasteiger partial charge in [0.1, 0.15) is 0 Å². The van der Waals surface area contributed by atoms with Crippen molar-refractivity contribution in [1.29, 1.82) is 0 Å². The van der Waals surface area contributed by atoms with E-state index in [2.05, 4.69) is 93.8 Å². The molecule has 2 aromatic rings. The van der Waals surface area contributed by atoms with Gasteiger partial charge in [-0.2, -0.15) is 0 Å². The first-order valence-electron chi connectivity index (χ1n) is 11.4. The molecule has 29 heavy (non-hydrogen) atoms. The third-order valence-electron chi connectivity index (χ3n) is 7.24. The summed E-state index contributed by atoms with van der Waals surface area (Å²) in [6.45, 7) is 17.7. The van der Waals surface area contributed by atoms with Gasteiger partial charge < -0.3 is 0 Å². The van der Waals surface area contributed by atoms with Gasteiger partial charge in [-0.15, -0.1) is 0 Å². The van der Waals surface area contributed by atoms with Crippen LogP contribution in [-0.4, -0.2) is 34.0 Å². The fraction of sp³-hybridized carbons (Fsp3) is 0.556. The zero-order valence-electron chi connectivity index (χ0n) is 19.3. The second-order valence-electron chi connectivity index (χ2n) is 10.8. The Morgan fingerprint density at radius 3 is 2.28 bits per heavy atom. The molecule has 2 heterocycles. The van der Waals surface area contributed by atoms with Gasteiger partial charge in [-0.05, 0) is 88.6 Å². The fourth-order valence-corrected chi connectivity index (χ4v) is 5.51. The predicted octanol–water partition coefficient (Wildman–Crippen LogP) is 5.78. The summed E-state index contributed by atoms with van der Waals surface area (Å²) in [6, 6.07) is 16.8. The van der Waals surface area contributed by atoms with E-state index in [1.165, 1.54) is 29.5 Å². The monoisotopic (exact) mass is 390 g/mol. The zero-order valence-corrected chi connectivity index (χ0v) is 19.3. The van der Waals surface area contributed by atoms with Gasteiger partial charge in [-0.3, -0.25) is 9.80 Å². The van der Waals surface area contributed by atoms with Crippen molar-refractivity contribution in [2.24, 2.45) is 0 Å². The maximum atomic E-state index is 2.68. The molecule has 2 aliphatic heterocycles. The van der Waals surface area contributed by atoms with Gasteiger partial charge in [-0.1, -0.05) is 42.5 Å². The molecule has 4 rings (SSSR count). The molecule has 1 atom stereocenters. The SMILES string of the molecule is CC1c2cc(CC(C)(C)N3CCc4ccccc4C3)ccc2CCN1C(C)(C)C. The van der Waals surface area contributed by atoms with Gasteiger partial charge >= 0.3 is 0 Å². The molecule has 0 spiro atoms. The molecule has 2 aliphatic rings. The second-order valence-corrected chi connectivity index (χ2v) is 10.8. The third-order valence-corrected chi connectivity index (χ3v) is 7.24. The van der Waals surface area contributed by atoms with Crippen LogP contribution in [0.15, 0.2) is 42.5 Å². The quantitative estimate of drug-likeness (QED) is 0.655. The first-order chi connectivity index (χ1) is 13.6. The minimum Gasteiger partial charge on any atom is -0.293 e. The van der Waals surface area contributed by atoms with E-state index in [0.717, 1.165) is 26.1 Å². The average Bonchev–Trinajstić information content (AvgIpc) is 2.67. The van der Waals surface area contributed by atoms with Crippen LogP contribution in [0.1, 0.15) is 75.4 Å². The summed E-state index contributed by atoms with van der Waals surface area (Å²) < 4.78 is 0.